The summed E-state index contributed by atoms with van der Waals surface area (Å²) in [5.74, 6) is -0.148. The normalized spacial score (nSPS) is 21.1. The van der Waals surface area contributed by atoms with Gasteiger partial charge in [-0.1, -0.05) is 40.7 Å². The first kappa shape index (κ1) is 19.3. The standard InChI is InChI=1S/C20H30N2O3/c1-12(2)8-15-9-13(10-18(24)21-15)19(25)22-16-11-14(20(3,4)5)6-7-17(16)23/h6-7,11-13,15,23H,8-10H2,1-5H3,(H,21,24)(H,22,25)/t13-,15+/m0/s1. The highest BCUT2D eigenvalue weighted by molar-refractivity contribution is 5.97. The highest BCUT2D eigenvalue weighted by Gasteiger charge is 2.32. The van der Waals surface area contributed by atoms with Crippen LogP contribution in [0.4, 0.5) is 5.69 Å². The quantitative estimate of drug-likeness (QED) is 0.729. The Morgan fingerprint density at radius 3 is 2.64 bits per heavy atom. The van der Waals surface area contributed by atoms with Gasteiger partial charge in [-0.15, -0.1) is 0 Å². The molecule has 0 aliphatic carbocycles. The van der Waals surface area contributed by atoms with Crippen LogP contribution in [-0.4, -0.2) is 23.0 Å². The van der Waals surface area contributed by atoms with E-state index < -0.39 is 0 Å². The fourth-order valence-corrected chi connectivity index (χ4v) is 3.26. The lowest BCUT2D eigenvalue weighted by Gasteiger charge is -2.30. The van der Waals surface area contributed by atoms with E-state index in [2.05, 4.69) is 45.3 Å². The molecule has 0 saturated carbocycles. The highest BCUT2D eigenvalue weighted by Crippen LogP contribution is 2.32. The van der Waals surface area contributed by atoms with Crippen LogP contribution < -0.4 is 10.6 Å². The minimum atomic E-state index is -0.366. The van der Waals surface area contributed by atoms with Crippen LogP contribution in [0.5, 0.6) is 5.75 Å². The van der Waals surface area contributed by atoms with Crippen molar-refractivity contribution in [3.63, 3.8) is 0 Å². The molecule has 2 atom stereocenters. The Labute approximate surface area is 150 Å². The lowest BCUT2D eigenvalue weighted by molar-refractivity contribution is -0.131. The van der Waals surface area contributed by atoms with Crippen LogP contribution >= 0.6 is 0 Å². The molecule has 0 bridgehead atoms. The number of rotatable bonds is 4. The molecule has 25 heavy (non-hydrogen) atoms. The molecule has 1 aliphatic heterocycles. The molecule has 0 radical (unpaired) electrons. The molecule has 138 valence electrons. The lowest BCUT2D eigenvalue weighted by atomic mass is 9.86. The molecule has 5 nitrogen and oxygen atoms in total. The van der Waals surface area contributed by atoms with Gasteiger partial charge in [0.05, 0.1) is 5.69 Å². The number of amides is 2. The fraction of sp³-hybridized carbons (Fsp3) is 0.600. The zero-order valence-electron chi connectivity index (χ0n) is 15.8. The number of hydrogen-bond acceptors (Lipinski definition) is 3. The average Bonchev–Trinajstić information content (AvgIpc) is 2.46. The minimum absolute atomic E-state index is 0.0338. The van der Waals surface area contributed by atoms with Gasteiger partial charge in [0.2, 0.25) is 11.8 Å². The molecule has 2 rings (SSSR count). The molecule has 0 aromatic heterocycles. The number of carbonyl (C=O) groups excluding carboxylic acids is 2. The topological polar surface area (TPSA) is 78.4 Å². The minimum Gasteiger partial charge on any atom is -0.506 e. The Balaban J connectivity index is 2.12. The first-order chi connectivity index (χ1) is 11.6. The number of phenolic OH excluding ortho intramolecular Hbond substituents is 1. The van der Waals surface area contributed by atoms with Crippen LogP contribution in [0.25, 0.3) is 0 Å². The van der Waals surface area contributed by atoms with E-state index in [0.717, 1.165) is 12.0 Å². The molecule has 1 fully saturated rings. The third-order valence-corrected chi connectivity index (χ3v) is 4.61. The average molecular weight is 346 g/mol. The summed E-state index contributed by atoms with van der Waals surface area (Å²) in [4.78, 5) is 24.6. The van der Waals surface area contributed by atoms with E-state index >= 15 is 0 Å². The maximum atomic E-state index is 12.7. The first-order valence-electron chi connectivity index (χ1n) is 9.00. The molecular weight excluding hydrogens is 316 g/mol. The van der Waals surface area contributed by atoms with Crippen molar-refractivity contribution in [2.45, 2.75) is 65.3 Å². The summed E-state index contributed by atoms with van der Waals surface area (Å²) in [5.41, 5.74) is 1.35. The molecule has 2 amide bonds. The van der Waals surface area contributed by atoms with Crippen molar-refractivity contribution in [1.82, 2.24) is 5.32 Å². The van der Waals surface area contributed by atoms with Crippen molar-refractivity contribution in [3.8, 4) is 5.75 Å². The van der Waals surface area contributed by atoms with E-state index in [1.807, 2.05) is 12.1 Å². The van der Waals surface area contributed by atoms with E-state index in [0.29, 0.717) is 18.0 Å². The third-order valence-electron chi connectivity index (χ3n) is 4.61. The molecule has 0 spiro atoms. The van der Waals surface area contributed by atoms with E-state index in [-0.39, 0.29) is 41.4 Å². The van der Waals surface area contributed by atoms with Crippen molar-refractivity contribution in [1.29, 1.82) is 0 Å². The molecule has 1 saturated heterocycles. The number of anilines is 1. The van der Waals surface area contributed by atoms with Crippen molar-refractivity contribution in [2.24, 2.45) is 11.8 Å². The Morgan fingerprint density at radius 2 is 2.04 bits per heavy atom. The number of phenols is 1. The first-order valence-corrected chi connectivity index (χ1v) is 9.00. The number of benzene rings is 1. The van der Waals surface area contributed by atoms with Crippen LogP contribution in [0, 0.1) is 11.8 Å². The molecule has 1 aromatic carbocycles. The van der Waals surface area contributed by atoms with E-state index in [1.165, 1.54) is 0 Å². The maximum Gasteiger partial charge on any atom is 0.228 e. The Hall–Kier alpha value is -2.04. The van der Waals surface area contributed by atoms with Gasteiger partial charge in [0.1, 0.15) is 5.75 Å². The van der Waals surface area contributed by atoms with Crippen molar-refractivity contribution < 1.29 is 14.7 Å². The molecular formula is C20H30N2O3. The largest absolute Gasteiger partial charge is 0.506 e. The van der Waals surface area contributed by atoms with Crippen molar-refractivity contribution in [3.05, 3.63) is 23.8 Å². The van der Waals surface area contributed by atoms with Crippen molar-refractivity contribution in [2.75, 3.05) is 5.32 Å². The maximum absolute atomic E-state index is 12.7. The summed E-state index contributed by atoms with van der Waals surface area (Å²) in [6, 6.07) is 5.30. The van der Waals surface area contributed by atoms with Crippen LogP contribution in [0.15, 0.2) is 18.2 Å². The second kappa shape index (κ2) is 7.46. The summed E-state index contributed by atoms with van der Waals surface area (Å²) >= 11 is 0. The van der Waals surface area contributed by atoms with Crippen LogP contribution in [-0.2, 0) is 15.0 Å². The van der Waals surface area contributed by atoms with E-state index in [9.17, 15) is 14.7 Å². The second-order valence-electron chi connectivity index (χ2n) is 8.50. The number of piperidine rings is 1. The van der Waals surface area contributed by atoms with Crippen LogP contribution in [0.2, 0.25) is 0 Å². The summed E-state index contributed by atoms with van der Waals surface area (Å²) in [6.07, 6.45) is 1.69. The molecule has 1 heterocycles. The van der Waals surface area contributed by atoms with E-state index in [4.69, 9.17) is 0 Å². The smallest absolute Gasteiger partial charge is 0.228 e. The van der Waals surface area contributed by atoms with E-state index in [1.54, 1.807) is 6.07 Å². The van der Waals surface area contributed by atoms with Gasteiger partial charge in [0.25, 0.3) is 0 Å². The SMILES string of the molecule is CC(C)C[C@@H]1C[C@H](C(=O)Nc2cc(C(C)(C)C)ccc2O)CC(=O)N1. The monoisotopic (exact) mass is 346 g/mol. The fourth-order valence-electron chi connectivity index (χ4n) is 3.26. The van der Waals surface area contributed by atoms with Gasteiger partial charge >= 0.3 is 0 Å². The van der Waals surface area contributed by atoms with Crippen LogP contribution in [0.1, 0.15) is 59.4 Å². The Kier molecular flexibility index (Phi) is 5.76. The van der Waals surface area contributed by atoms with Gasteiger partial charge in [-0.3, -0.25) is 9.59 Å². The third kappa shape index (κ3) is 5.21. The molecule has 1 aliphatic rings. The summed E-state index contributed by atoms with van der Waals surface area (Å²) in [5, 5.41) is 15.9. The van der Waals surface area contributed by atoms with Gasteiger partial charge in [-0.25, -0.2) is 0 Å². The number of nitrogens with one attached hydrogen (secondary N) is 2. The predicted molar refractivity (Wildman–Crippen MR) is 99.5 cm³/mol. The predicted octanol–water partition coefficient (Wildman–Crippen LogP) is 3.57. The highest BCUT2D eigenvalue weighted by atomic mass is 16.3. The molecule has 1 aromatic rings. The molecule has 5 heteroatoms. The zero-order chi connectivity index (χ0) is 18.8. The number of hydrogen-bond donors (Lipinski definition) is 3. The molecule has 0 unspecified atom stereocenters. The van der Waals surface area contributed by atoms with Gasteiger partial charge in [0, 0.05) is 18.4 Å². The summed E-state index contributed by atoms with van der Waals surface area (Å²) in [6.45, 7) is 10.4. The summed E-state index contributed by atoms with van der Waals surface area (Å²) < 4.78 is 0. The van der Waals surface area contributed by atoms with Gasteiger partial charge < -0.3 is 15.7 Å². The van der Waals surface area contributed by atoms with Gasteiger partial charge in [-0.2, -0.15) is 0 Å². The molecule has 3 N–H and O–H groups in total. The van der Waals surface area contributed by atoms with Crippen LogP contribution in [0.3, 0.4) is 0 Å². The summed E-state index contributed by atoms with van der Waals surface area (Å²) in [7, 11) is 0. The zero-order valence-corrected chi connectivity index (χ0v) is 15.8. The lowest BCUT2D eigenvalue weighted by Crippen LogP contribution is -2.46. The number of carbonyl (C=O) groups is 2. The van der Waals surface area contributed by atoms with Gasteiger partial charge in [0.15, 0.2) is 0 Å². The van der Waals surface area contributed by atoms with Crippen molar-refractivity contribution >= 4 is 17.5 Å². The Morgan fingerprint density at radius 1 is 1.36 bits per heavy atom. The Bertz CT molecular complexity index is 647. The van der Waals surface area contributed by atoms with Gasteiger partial charge in [-0.05, 0) is 41.9 Å². The number of aromatic hydroxyl groups is 1. The second-order valence-corrected chi connectivity index (χ2v) is 8.50.